The van der Waals surface area contributed by atoms with E-state index in [1.807, 2.05) is 29.2 Å². The highest BCUT2D eigenvalue weighted by atomic mass is 35.5. The minimum absolute atomic E-state index is 0.0358. The maximum absolute atomic E-state index is 14.2. The topological polar surface area (TPSA) is 84.0 Å². The predicted molar refractivity (Wildman–Crippen MR) is 146 cm³/mol. The summed E-state index contributed by atoms with van der Waals surface area (Å²) in [5, 5.41) is 5.43. The molecule has 0 saturated carbocycles. The van der Waals surface area contributed by atoms with Crippen molar-refractivity contribution >= 4 is 39.9 Å². The van der Waals surface area contributed by atoms with Crippen LogP contribution >= 0.6 is 11.6 Å². The first-order valence-corrected chi connectivity index (χ1v) is 13.6. The van der Waals surface area contributed by atoms with Crippen LogP contribution in [0.4, 0.5) is 5.69 Å². The molecule has 38 heavy (non-hydrogen) atoms. The Morgan fingerprint density at radius 1 is 1.08 bits per heavy atom. The van der Waals surface area contributed by atoms with Gasteiger partial charge in [-0.1, -0.05) is 35.9 Å². The number of amides is 2. The van der Waals surface area contributed by atoms with Gasteiger partial charge < -0.3 is 19.7 Å². The number of hydrogen-bond acceptors (Lipinski definition) is 6. The molecular weight excluding hydrogens is 504 g/mol. The van der Waals surface area contributed by atoms with Crippen LogP contribution in [0.5, 0.6) is 5.75 Å². The molecule has 9 heteroatoms. The third-order valence-corrected chi connectivity index (χ3v) is 8.37. The molecule has 1 N–H and O–H groups in total. The first-order chi connectivity index (χ1) is 18.5. The van der Waals surface area contributed by atoms with E-state index in [9.17, 15) is 9.59 Å². The van der Waals surface area contributed by atoms with Gasteiger partial charge in [0.1, 0.15) is 5.75 Å². The lowest BCUT2D eigenvalue weighted by Gasteiger charge is -2.41. The number of nitrogens with one attached hydrogen (secondary N) is 1. The van der Waals surface area contributed by atoms with E-state index in [0.717, 1.165) is 43.5 Å². The summed E-state index contributed by atoms with van der Waals surface area (Å²) in [4.78, 5) is 36.6. The molecule has 2 saturated heterocycles. The minimum Gasteiger partial charge on any atom is -0.493 e. The number of carbonyl (C=O) groups excluding carboxylic acids is 2. The van der Waals surface area contributed by atoms with E-state index in [0.29, 0.717) is 54.2 Å². The van der Waals surface area contributed by atoms with Gasteiger partial charge in [0.15, 0.2) is 0 Å². The Kier molecular flexibility index (Phi) is 6.95. The number of carbonyl (C=O) groups is 2. The highest BCUT2D eigenvalue weighted by Gasteiger charge is 2.47. The first kappa shape index (κ1) is 25.1. The second kappa shape index (κ2) is 10.5. The maximum Gasteiger partial charge on any atom is 0.235 e. The molecule has 2 amide bonds. The summed E-state index contributed by atoms with van der Waals surface area (Å²) in [5.41, 5.74) is 0.141. The fraction of sp³-hybridized carbons (Fsp3) is 0.414. The molecule has 1 aromatic heterocycles. The molecule has 1 unspecified atom stereocenters. The molecule has 198 valence electrons. The van der Waals surface area contributed by atoms with Gasteiger partial charge in [-0.25, -0.2) is 0 Å². The number of ether oxygens (including phenoxy) is 2. The zero-order valence-corrected chi connectivity index (χ0v) is 22.0. The number of hydrogen-bond donors (Lipinski definition) is 1. The maximum atomic E-state index is 14.2. The van der Waals surface area contributed by atoms with Gasteiger partial charge >= 0.3 is 0 Å². The molecule has 8 nitrogen and oxygen atoms in total. The number of rotatable bonds is 5. The van der Waals surface area contributed by atoms with Crippen molar-refractivity contribution in [1.82, 2.24) is 14.8 Å². The minimum atomic E-state index is -1.12. The first-order valence-electron chi connectivity index (χ1n) is 13.2. The summed E-state index contributed by atoms with van der Waals surface area (Å²) in [5.74, 6) is 0.301. The van der Waals surface area contributed by atoms with Crippen LogP contribution in [0.3, 0.4) is 0 Å². The second-order valence-electron chi connectivity index (χ2n) is 10.3. The highest BCUT2D eigenvalue weighted by molar-refractivity contribution is 6.30. The summed E-state index contributed by atoms with van der Waals surface area (Å²) in [6, 6.07) is 13.5. The van der Waals surface area contributed by atoms with Crippen LogP contribution in [0, 0.1) is 0 Å². The van der Waals surface area contributed by atoms with Crippen molar-refractivity contribution < 1.29 is 19.1 Å². The van der Waals surface area contributed by atoms with Crippen LogP contribution in [-0.2, 0) is 19.7 Å². The number of fused-ring (bicyclic) bond motifs is 2. The summed E-state index contributed by atoms with van der Waals surface area (Å²) < 4.78 is 11.5. The molecule has 3 aliphatic heterocycles. The molecular formula is C29H31ClN4O4. The number of halogens is 1. The van der Waals surface area contributed by atoms with Crippen LogP contribution in [0.25, 0.3) is 10.8 Å². The van der Waals surface area contributed by atoms with E-state index in [4.69, 9.17) is 21.1 Å². The van der Waals surface area contributed by atoms with Crippen molar-refractivity contribution in [3.8, 4) is 5.75 Å². The lowest BCUT2D eigenvalue weighted by Crippen LogP contribution is -2.54. The molecule has 0 spiro atoms. The number of aromatic nitrogens is 1. The Bertz CT molecular complexity index is 1350. The summed E-state index contributed by atoms with van der Waals surface area (Å²) in [7, 11) is 0. The molecule has 2 aromatic carbocycles. The third-order valence-electron chi connectivity index (χ3n) is 8.14. The van der Waals surface area contributed by atoms with Gasteiger partial charge in [-0.2, -0.15) is 0 Å². The van der Waals surface area contributed by atoms with Gasteiger partial charge in [-0.3, -0.25) is 19.5 Å². The third kappa shape index (κ3) is 4.72. The standard InChI is InChI=1S/C29H31ClN4O4/c30-21-5-6-26-24(15-21)29(8-14-38-26,28(36)32-25-18-31-17-20-3-1-2-4-23(20)25)16-27(35)34-11-9-33(10-12-34)22-7-13-37-19-22/h1-6,15,17-18,22H,7-14,16,19H2,(H,32,36)/t22?,29-/m0/s1. The van der Waals surface area contributed by atoms with Gasteiger partial charge in [0, 0.05) is 79.2 Å². The van der Waals surface area contributed by atoms with Crippen molar-refractivity contribution in [3.05, 3.63) is 65.4 Å². The Hall–Kier alpha value is -3.20. The Labute approximate surface area is 226 Å². The van der Waals surface area contributed by atoms with Crippen molar-refractivity contribution in [2.24, 2.45) is 0 Å². The molecule has 0 aliphatic carbocycles. The van der Waals surface area contributed by atoms with Crippen LogP contribution in [-0.4, -0.2) is 78.6 Å². The number of benzene rings is 2. The Morgan fingerprint density at radius 2 is 1.92 bits per heavy atom. The van der Waals surface area contributed by atoms with Gasteiger partial charge in [-0.05, 0) is 24.6 Å². The fourth-order valence-electron chi connectivity index (χ4n) is 5.95. The van der Waals surface area contributed by atoms with Crippen molar-refractivity contribution in [3.63, 3.8) is 0 Å². The highest BCUT2D eigenvalue weighted by Crippen LogP contribution is 2.44. The van der Waals surface area contributed by atoms with Crippen molar-refractivity contribution in [2.45, 2.75) is 30.7 Å². The Morgan fingerprint density at radius 3 is 2.74 bits per heavy atom. The molecule has 3 aromatic rings. The average Bonchev–Trinajstić information content (AvgIpc) is 3.49. The Balaban J connectivity index is 1.29. The van der Waals surface area contributed by atoms with Crippen LogP contribution in [0.1, 0.15) is 24.8 Å². The monoisotopic (exact) mass is 534 g/mol. The summed E-state index contributed by atoms with van der Waals surface area (Å²) in [6.45, 7) is 4.80. The van der Waals surface area contributed by atoms with Crippen molar-refractivity contribution in [2.75, 3.05) is 51.3 Å². The van der Waals surface area contributed by atoms with E-state index in [-0.39, 0.29) is 18.2 Å². The van der Waals surface area contributed by atoms with Crippen LogP contribution < -0.4 is 10.1 Å². The zero-order valence-electron chi connectivity index (χ0n) is 21.2. The molecule has 6 rings (SSSR count). The van der Waals surface area contributed by atoms with Gasteiger partial charge in [0.2, 0.25) is 11.8 Å². The quantitative estimate of drug-likeness (QED) is 0.535. The summed E-state index contributed by atoms with van der Waals surface area (Å²) in [6.07, 6.45) is 4.87. The van der Waals surface area contributed by atoms with Crippen molar-refractivity contribution in [1.29, 1.82) is 0 Å². The van der Waals surface area contributed by atoms with E-state index in [1.165, 1.54) is 0 Å². The van der Waals surface area contributed by atoms with E-state index in [1.54, 1.807) is 30.6 Å². The number of pyridine rings is 1. The zero-order chi connectivity index (χ0) is 26.1. The van der Waals surface area contributed by atoms with E-state index < -0.39 is 5.41 Å². The van der Waals surface area contributed by atoms with Gasteiger partial charge in [0.25, 0.3) is 0 Å². The molecule has 2 atom stereocenters. The number of anilines is 1. The van der Waals surface area contributed by atoms with E-state index >= 15 is 0 Å². The second-order valence-corrected chi connectivity index (χ2v) is 10.7. The predicted octanol–water partition coefficient (Wildman–Crippen LogP) is 3.87. The largest absolute Gasteiger partial charge is 0.493 e. The molecule has 2 fully saturated rings. The van der Waals surface area contributed by atoms with Crippen LogP contribution in [0.15, 0.2) is 54.9 Å². The molecule has 4 heterocycles. The van der Waals surface area contributed by atoms with Gasteiger partial charge in [0.05, 0.1) is 30.5 Å². The molecule has 0 radical (unpaired) electrons. The van der Waals surface area contributed by atoms with Gasteiger partial charge in [-0.15, -0.1) is 0 Å². The SMILES string of the molecule is O=C(C[C@@]1(C(=O)Nc2cncc3ccccc23)CCOc2ccc(Cl)cc21)N1CCN(C2CCOC2)CC1. The fourth-order valence-corrected chi connectivity index (χ4v) is 6.12. The summed E-state index contributed by atoms with van der Waals surface area (Å²) >= 11 is 6.40. The smallest absolute Gasteiger partial charge is 0.235 e. The molecule has 0 bridgehead atoms. The normalized spacial score (nSPS) is 23.6. The lowest BCUT2D eigenvalue weighted by molar-refractivity contribution is -0.138. The lowest BCUT2D eigenvalue weighted by atomic mass is 9.72. The average molecular weight is 535 g/mol. The van der Waals surface area contributed by atoms with Crippen LogP contribution in [0.2, 0.25) is 5.02 Å². The number of nitrogens with zero attached hydrogens (tertiary/aromatic N) is 3. The molecule has 3 aliphatic rings. The number of piperazine rings is 1. The van der Waals surface area contributed by atoms with E-state index in [2.05, 4.69) is 15.2 Å².